The Morgan fingerprint density at radius 1 is 0.524 bits per heavy atom. The number of hydrogen-bond donors (Lipinski definition) is 0. The van der Waals surface area contributed by atoms with E-state index < -0.39 is 42.6 Å². The molecule has 2 radical (unpaired) electrons. The molecule has 0 rings (SSSR count). The van der Waals surface area contributed by atoms with Gasteiger partial charge in [0.1, 0.15) is 0 Å². The molecule has 130 valence electrons. The summed E-state index contributed by atoms with van der Waals surface area (Å²) in [4.78, 5) is 0. The minimum absolute atomic E-state index is 0. The van der Waals surface area contributed by atoms with Crippen molar-refractivity contribution in [2.45, 2.75) is 0 Å². The summed E-state index contributed by atoms with van der Waals surface area (Å²) < 4.78 is 102. The molecule has 0 fully saturated rings. The Morgan fingerprint density at radius 3 is 0.524 bits per heavy atom. The topological polar surface area (TPSA) is 241 Å². The van der Waals surface area contributed by atoms with Gasteiger partial charge in [-0.3, -0.25) is 25.3 Å². The summed E-state index contributed by atoms with van der Waals surface area (Å²) in [5.41, 5.74) is 0. The largest absolute Gasteiger partial charge is 3.00 e. The minimum atomic E-state index is -5.17. The van der Waals surface area contributed by atoms with Gasteiger partial charge in [-0.1, -0.05) is 0 Å². The molecule has 21 heteroatoms. The van der Waals surface area contributed by atoms with Gasteiger partial charge in [-0.15, -0.1) is 0 Å². The molecule has 0 bridgehead atoms. The van der Waals surface area contributed by atoms with Gasteiger partial charge in [0.15, 0.2) is 0 Å². The van der Waals surface area contributed by atoms with Crippen molar-refractivity contribution in [2.75, 3.05) is 0 Å². The number of rotatable bonds is 0. The zero-order valence-corrected chi connectivity index (χ0v) is 16.6. The Morgan fingerprint density at radius 2 is 0.524 bits per heavy atom. The maximum atomic E-state index is 8.52. The zero-order valence-electron chi connectivity index (χ0n) is 8.54. The van der Waals surface area contributed by atoms with Crippen LogP contribution in [0.2, 0.25) is 0 Å². The van der Waals surface area contributed by atoms with Crippen LogP contribution in [0.25, 0.3) is 0 Å². The van der Waals surface area contributed by atoms with Crippen LogP contribution in [-0.2, 0) is 65.3 Å². The first kappa shape index (κ1) is 38.6. The Hall–Kier alpha value is 2.05. The molecule has 0 saturated carbocycles. The third-order valence-electron chi connectivity index (χ3n) is 0. The fraction of sp³-hybridized carbons (Fsp3) is 0. The minimum Gasteiger partial charge on any atom is -0.759 e. The first-order valence-electron chi connectivity index (χ1n) is 2.65. The van der Waals surface area contributed by atoms with Crippen molar-refractivity contribution in [3.05, 3.63) is 0 Å². The maximum absolute atomic E-state index is 8.52. The average Bonchev–Trinajstić information content (AvgIpc) is 1.66. The van der Waals surface area contributed by atoms with E-state index in [-0.39, 0.29) is 34.1 Å². The summed E-state index contributed by atoms with van der Waals surface area (Å²) in [6.07, 6.45) is 0. The molecule has 0 amide bonds. The van der Waals surface area contributed by atoms with Gasteiger partial charge in [0.2, 0.25) is 0 Å². The van der Waals surface area contributed by atoms with Crippen LogP contribution in [-0.4, -0.2) is 64.0 Å². The van der Waals surface area contributed by atoms with Crippen molar-refractivity contribution >= 4 is 72.7 Å². The van der Waals surface area contributed by atoms with Crippen molar-refractivity contribution in [2.24, 2.45) is 0 Å². The van der Waals surface area contributed by atoms with E-state index in [9.17, 15) is 0 Å². The Bertz CT molecular complexity index is 396. The van der Waals surface area contributed by atoms with Crippen LogP contribution in [0.3, 0.4) is 0 Å². The van der Waals surface area contributed by atoms with Crippen molar-refractivity contribution in [1.82, 2.24) is 0 Å². The summed E-state index contributed by atoms with van der Waals surface area (Å²) in [7, 11) is -0.667. The molecule has 0 aliphatic rings. The van der Waals surface area contributed by atoms with Crippen molar-refractivity contribution < 1.29 is 86.7 Å². The van der Waals surface area contributed by atoms with Gasteiger partial charge in [0, 0.05) is 31.2 Å². The molecule has 0 aromatic rings. The van der Waals surface area contributed by atoms with E-state index in [0.29, 0.717) is 0 Å². The monoisotopic (exact) mass is 532 g/mol. The van der Waals surface area contributed by atoms with E-state index in [4.69, 9.17) is 82.7 Å². The molecule has 0 N–H and O–H groups in total. The predicted octanol–water partition coefficient (Wildman–Crippen LogP) is -2.33. The van der Waals surface area contributed by atoms with E-state index >= 15 is 0 Å². The van der Waals surface area contributed by atoms with E-state index in [1.807, 2.05) is 0 Å². The predicted molar refractivity (Wildman–Crippen MR) is 54.7 cm³/mol. The van der Waals surface area contributed by atoms with Crippen LogP contribution in [0, 0.1) is 0 Å². The third-order valence-corrected chi connectivity index (χ3v) is 0. The van der Waals surface area contributed by atoms with Crippen LogP contribution < -0.4 is 0 Å². The molecule has 0 aromatic heterocycles. The molecule has 0 aliphatic heterocycles. The molecule has 0 aromatic carbocycles. The second-order valence-corrected chi connectivity index (χ2v) is 10.4. The molecule has 0 unspecified atom stereocenters. The van der Waals surface area contributed by atoms with Crippen molar-refractivity contribution in [1.29, 1.82) is 0 Å². The molecule has 0 saturated heterocycles. The van der Waals surface area contributed by atoms with Gasteiger partial charge in [-0.2, -0.15) is 0 Å². The van der Waals surface area contributed by atoms with E-state index in [2.05, 4.69) is 0 Å². The van der Waals surface area contributed by atoms with Gasteiger partial charge < -0.3 is 27.3 Å². The summed E-state index contributed by atoms with van der Waals surface area (Å²) in [6, 6.07) is 0. The van der Waals surface area contributed by atoms with E-state index in [0.717, 1.165) is 0 Å². The molecule has 0 atom stereocenters. The average molecular weight is 533 g/mol. The standard InChI is InChI=1S/Al.3ClH.2Fe.3H2O4S/c;;;;;;3*1-5(2,3)4/h;3*1H;;;3*(H2,1,2,3,4)/q+3;;;;2*+3;;;/p-9. The van der Waals surface area contributed by atoms with E-state index in [1.54, 1.807) is 0 Å². The van der Waals surface area contributed by atoms with Gasteiger partial charge in [-0.25, -0.2) is 30.1 Å². The number of halogens is 3. The zero-order chi connectivity index (χ0) is 17.1. The Balaban J connectivity index is -0.0000000347. The first-order valence-corrected chi connectivity index (χ1v) is 11.9. The Kier molecular flexibility index (Phi) is 33.8. The fourth-order valence-corrected chi connectivity index (χ4v) is 0. The summed E-state index contributed by atoms with van der Waals surface area (Å²) >= 11 is -1.72. The second kappa shape index (κ2) is 18.4. The smallest absolute Gasteiger partial charge is 0.759 e. The summed E-state index contributed by atoms with van der Waals surface area (Å²) in [6.45, 7) is 0. The number of hydrogen-bond acceptors (Lipinski definition) is 12. The van der Waals surface area contributed by atoms with Crippen LogP contribution >= 0.6 is 30.1 Å². The molecule has 0 spiro atoms. The Labute approximate surface area is 158 Å². The van der Waals surface area contributed by atoms with Crippen LogP contribution in [0.5, 0.6) is 0 Å². The quantitative estimate of drug-likeness (QED) is 0.181. The van der Waals surface area contributed by atoms with Gasteiger partial charge in [0.25, 0.3) is 0 Å². The van der Waals surface area contributed by atoms with Crippen molar-refractivity contribution in [3.63, 3.8) is 0 Å². The first-order chi connectivity index (χ1) is 7.73. The molecular formula is AlCl3Fe2O12S3. The second-order valence-electron chi connectivity index (χ2n) is 1.47. The summed E-state index contributed by atoms with van der Waals surface area (Å²) in [5, 5.41) is 0. The van der Waals surface area contributed by atoms with Gasteiger partial charge >= 0.3 is 45.5 Å². The van der Waals surface area contributed by atoms with Crippen LogP contribution in [0.15, 0.2) is 0 Å². The van der Waals surface area contributed by atoms with Gasteiger partial charge in [-0.05, 0) is 0 Å². The third kappa shape index (κ3) is 2110. The van der Waals surface area contributed by atoms with E-state index in [1.165, 1.54) is 0 Å². The van der Waals surface area contributed by atoms with Crippen LogP contribution in [0.1, 0.15) is 0 Å². The SMILES string of the molecule is O=S(=O)([O-])[O-].O=S(=O)([O-])[O-].O=S(=O)([O-])[O-].[Cl][Al]([Cl])[Cl].[Fe+3].[Fe+3]. The molecule has 21 heavy (non-hydrogen) atoms. The molecule has 12 nitrogen and oxygen atoms in total. The molecular weight excluding hydrogens is 533 g/mol. The maximum Gasteiger partial charge on any atom is 3.00 e. The normalized spacial score (nSPS) is 9.57. The molecule has 0 aliphatic carbocycles. The summed E-state index contributed by atoms with van der Waals surface area (Å²) in [5.74, 6) is 0. The molecule has 0 heterocycles. The van der Waals surface area contributed by atoms with Crippen LogP contribution in [0.4, 0.5) is 0 Å². The van der Waals surface area contributed by atoms with Gasteiger partial charge in [0.05, 0.1) is 0 Å². The fourth-order valence-electron chi connectivity index (χ4n) is 0. The van der Waals surface area contributed by atoms with Crippen molar-refractivity contribution in [3.8, 4) is 0 Å².